The van der Waals surface area contributed by atoms with Crippen molar-refractivity contribution >= 4 is 5.97 Å². The van der Waals surface area contributed by atoms with E-state index < -0.39 is 17.4 Å². The fourth-order valence-electron chi connectivity index (χ4n) is 2.23. The lowest BCUT2D eigenvalue weighted by Gasteiger charge is -2.20. The van der Waals surface area contributed by atoms with Gasteiger partial charge in [0.05, 0.1) is 12.2 Å². The second-order valence-corrected chi connectivity index (χ2v) is 5.75. The number of aromatic nitrogens is 2. The summed E-state index contributed by atoms with van der Waals surface area (Å²) in [6.45, 7) is 8.58. The number of esters is 1. The molecule has 2 rings (SSSR count). The molecule has 0 saturated heterocycles. The number of hydrogen-bond donors (Lipinski definition) is 0. The van der Waals surface area contributed by atoms with E-state index in [-0.39, 0.29) is 11.7 Å². The van der Waals surface area contributed by atoms with Crippen molar-refractivity contribution in [3.63, 3.8) is 0 Å². The predicted octanol–water partition coefficient (Wildman–Crippen LogP) is 3.76. The summed E-state index contributed by atoms with van der Waals surface area (Å²) < 4.78 is 20.8. The fraction of sp³-hybridized carbons (Fsp3) is 0.263. The zero-order valence-electron chi connectivity index (χ0n) is 13.9. The minimum atomic E-state index is -1.07. The maximum absolute atomic E-state index is 14.1. The number of hydrogen-bond acceptors (Lipinski definition) is 3. The van der Waals surface area contributed by atoms with Crippen molar-refractivity contribution in [2.24, 2.45) is 0 Å². The molecule has 124 valence electrons. The Morgan fingerprint density at radius 1 is 1.42 bits per heavy atom. The van der Waals surface area contributed by atoms with Crippen LogP contribution >= 0.6 is 0 Å². The number of carbonyl (C=O) groups excluding carboxylic acids is 1. The highest BCUT2D eigenvalue weighted by Crippen LogP contribution is 2.22. The first-order chi connectivity index (χ1) is 11.4. The molecule has 1 atom stereocenters. The van der Waals surface area contributed by atoms with Gasteiger partial charge in [0.1, 0.15) is 0 Å². The number of nitrogens with zero attached hydrogens (tertiary/aromatic N) is 2. The van der Waals surface area contributed by atoms with Gasteiger partial charge in [0, 0.05) is 0 Å². The summed E-state index contributed by atoms with van der Waals surface area (Å²) in [4.78, 5) is 12.4. The van der Waals surface area contributed by atoms with Crippen LogP contribution in [0.1, 0.15) is 42.9 Å². The smallest absolute Gasteiger partial charge is 0.361 e. The van der Waals surface area contributed by atoms with Gasteiger partial charge in [-0.25, -0.2) is 13.9 Å². The molecule has 2 aromatic rings. The molecule has 0 radical (unpaired) electrons. The molecule has 0 unspecified atom stereocenters. The number of ether oxygens (including phenoxy) is 1. The van der Waals surface area contributed by atoms with E-state index >= 15 is 0 Å². The van der Waals surface area contributed by atoms with E-state index in [4.69, 9.17) is 4.74 Å². The molecule has 0 aliphatic heterocycles. The van der Waals surface area contributed by atoms with Crippen LogP contribution in [-0.2, 0) is 4.74 Å². The molecule has 24 heavy (non-hydrogen) atoms. The minimum absolute atomic E-state index is 0.222. The monoisotopic (exact) mass is 326 g/mol. The average molecular weight is 326 g/mol. The van der Waals surface area contributed by atoms with E-state index in [1.165, 1.54) is 10.8 Å². The first-order valence-electron chi connectivity index (χ1n) is 7.50. The second kappa shape index (κ2) is 7.14. The van der Waals surface area contributed by atoms with Crippen molar-refractivity contribution < 1.29 is 13.9 Å². The van der Waals surface area contributed by atoms with Crippen LogP contribution in [0.4, 0.5) is 4.39 Å². The molecule has 1 heterocycles. The molecule has 0 amide bonds. The highest BCUT2D eigenvalue weighted by atomic mass is 19.1. The molecule has 0 aliphatic carbocycles. The maximum Gasteiger partial charge on any atom is 0.361 e. The third-order valence-electron chi connectivity index (χ3n) is 3.42. The van der Waals surface area contributed by atoms with Crippen molar-refractivity contribution in [2.45, 2.75) is 32.4 Å². The summed E-state index contributed by atoms with van der Waals surface area (Å²) in [6.07, 6.45) is 2.41. The van der Waals surface area contributed by atoms with Gasteiger partial charge in [0.25, 0.3) is 0 Å². The molecule has 0 spiro atoms. The number of carbonyl (C=O) groups is 1. The number of halogens is 1. The van der Waals surface area contributed by atoms with Crippen LogP contribution in [0.2, 0.25) is 0 Å². The first-order valence-corrected chi connectivity index (χ1v) is 7.50. The Morgan fingerprint density at radius 3 is 2.71 bits per heavy atom. The zero-order chi connectivity index (χ0) is 17.7. The van der Waals surface area contributed by atoms with Crippen LogP contribution in [0, 0.1) is 17.7 Å². The van der Waals surface area contributed by atoms with Crippen LogP contribution in [-0.4, -0.2) is 21.4 Å². The summed E-state index contributed by atoms with van der Waals surface area (Å²) in [5, 5.41) is 3.99. The Labute approximate surface area is 140 Å². The van der Waals surface area contributed by atoms with Crippen LogP contribution in [0.5, 0.6) is 0 Å². The van der Waals surface area contributed by atoms with Crippen LogP contribution in [0.15, 0.2) is 49.2 Å². The Kier molecular flexibility index (Phi) is 5.20. The second-order valence-electron chi connectivity index (χ2n) is 5.75. The van der Waals surface area contributed by atoms with E-state index in [1.54, 1.807) is 13.8 Å². The van der Waals surface area contributed by atoms with Crippen molar-refractivity contribution in [1.82, 2.24) is 9.78 Å². The average Bonchev–Trinajstić information content (AvgIpc) is 2.94. The van der Waals surface area contributed by atoms with Gasteiger partial charge in [-0.2, -0.15) is 5.10 Å². The van der Waals surface area contributed by atoms with E-state index in [2.05, 4.69) is 23.5 Å². The van der Waals surface area contributed by atoms with Gasteiger partial charge in [0.15, 0.2) is 17.1 Å². The van der Waals surface area contributed by atoms with Gasteiger partial charge < -0.3 is 4.74 Å². The standard InChI is InChI=1S/C19H19FN2O2/c1-5-6-12-19(3,4)24-18(23)17-16(20)13-21-22(17)14(2)15-10-8-7-9-11-15/h5,7-11,13-14H,1H2,2-4H3/t14-/m1/s1. The van der Waals surface area contributed by atoms with E-state index in [1.807, 2.05) is 37.3 Å². The third kappa shape index (κ3) is 3.90. The predicted molar refractivity (Wildman–Crippen MR) is 89.9 cm³/mol. The summed E-state index contributed by atoms with van der Waals surface area (Å²) in [5.41, 5.74) is -0.386. The molecule has 0 bridgehead atoms. The first kappa shape index (κ1) is 17.5. The van der Waals surface area contributed by atoms with Crippen LogP contribution < -0.4 is 0 Å². The van der Waals surface area contributed by atoms with Crippen molar-refractivity contribution in [1.29, 1.82) is 0 Å². The van der Waals surface area contributed by atoms with Crippen molar-refractivity contribution in [3.05, 3.63) is 66.3 Å². The summed E-state index contributed by atoms with van der Waals surface area (Å²) in [7, 11) is 0. The molecule has 0 saturated carbocycles. The van der Waals surface area contributed by atoms with E-state index in [0.717, 1.165) is 11.8 Å². The molecule has 1 aromatic heterocycles. The highest BCUT2D eigenvalue weighted by molar-refractivity contribution is 5.88. The summed E-state index contributed by atoms with van der Waals surface area (Å²) in [5.74, 6) is 3.84. The molecule has 0 N–H and O–H groups in total. The van der Waals surface area contributed by atoms with Crippen molar-refractivity contribution in [2.75, 3.05) is 0 Å². The van der Waals surface area contributed by atoms with Crippen LogP contribution in [0.3, 0.4) is 0 Å². The molecule has 5 heteroatoms. The fourth-order valence-corrected chi connectivity index (χ4v) is 2.23. The normalized spacial score (nSPS) is 12.0. The van der Waals surface area contributed by atoms with Gasteiger partial charge >= 0.3 is 5.97 Å². The largest absolute Gasteiger partial charge is 0.442 e. The summed E-state index contributed by atoms with van der Waals surface area (Å²) >= 11 is 0. The lowest BCUT2D eigenvalue weighted by Crippen LogP contribution is -2.29. The Morgan fingerprint density at radius 2 is 2.08 bits per heavy atom. The summed E-state index contributed by atoms with van der Waals surface area (Å²) in [6, 6.07) is 9.09. The maximum atomic E-state index is 14.1. The topological polar surface area (TPSA) is 44.1 Å². The number of rotatable bonds is 4. The Hall–Kier alpha value is -2.87. The van der Waals surface area contributed by atoms with E-state index in [0.29, 0.717) is 0 Å². The molecule has 0 aliphatic rings. The molecular formula is C19H19FN2O2. The third-order valence-corrected chi connectivity index (χ3v) is 3.42. The molecule has 4 nitrogen and oxygen atoms in total. The number of benzene rings is 1. The quantitative estimate of drug-likeness (QED) is 0.635. The lowest BCUT2D eigenvalue weighted by molar-refractivity contribution is 0.0183. The Balaban J connectivity index is 2.33. The van der Waals surface area contributed by atoms with Crippen molar-refractivity contribution in [3.8, 4) is 11.8 Å². The molecule has 0 fully saturated rings. The minimum Gasteiger partial charge on any atom is -0.442 e. The van der Waals surface area contributed by atoms with E-state index in [9.17, 15) is 9.18 Å². The van der Waals surface area contributed by atoms with Crippen LogP contribution in [0.25, 0.3) is 0 Å². The SMILES string of the molecule is C=CC#CC(C)(C)OC(=O)c1c(F)cnn1[C@H](C)c1ccccc1. The van der Waals surface area contributed by atoms with Gasteiger partial charge in [0.2, 0.25) is 0 Å². The number of allylic oxidation sites excluding steroid dienone is 1. The Bertz CT molecular complexity index is 798. The lowest BCUT2D eigenvalue weighted by atomic mass is 10.1. The zero-order valence-corrected chi connectivity index (χ0v) is 13.9. The van der Waals surface area contributed by atoms with Gasteiger partial charge in [-0.05, 0) is 32.4 Å². The van der Waals surface area contributed by atoms with Gasteiger partial charge in [-0.1, -0.05) is 48.8 Å². The van der Waals surface area contributed by atoms with Gasteiger partial charge in [-0.3, -0.25) is 0 Å². The highest BCUT2D eigenvalue weighted by Gasteiger charge is 2.28. The molecular weight excluding hydrogens is 307 g/mol. The van der Waals surface area contributed by atoms with Gasteiger partial charge in [-0.15, -0.1) is 0 Å². The molecule has 1 aromatic carbocycles.